The van der Waals surface area contributed by atoms with Crippen LogP contribution in [-0.4, -0.2) is 37.8 Å². The van der Waals surface area contributed by atoms with Gasteiger partial charge >= 0.3 is 0 Å². The lowest BCUT2D eigenvalue weighted by molar-refractivity contribution is 0.465. The van der Waals surface area contributed by atoms with E-state index in [9.17, 15) is 8.42 Å². The lowest BCUT2D eigenvalue weighted by Gasteiger charge is -2.18. The van der Waals surface area contributed by atoms with Crippen molar-refractivity contribution in [2.24, 2.45) is 0 Å². The summed E-state index contributed by atoms with van der Waals surface area (Å²) in [7, 11) is -1.85. The van der Waals surface area contributed by atoms with Crippen LogP contribution >= 0.6 is 11.6 Å². The van der Waals surface area contributed by atoms with Gasteiger partial charge in [0.1, 0.15) is 0 Å². The first-order valence-corrected chi connectivity index (χ1v) is 10.5. The summed E-state index contributed by atoms with van der Waals surface area (Å²) in [5.41, 5.74) is 2.82. The predicted molar refractivity (Wildman–Crippen MR) is 111 cm³/mol. The Hall–Kier alpha value is -2.15. The van der Waals surface area contributed by atoms with Gasteiger partial charge in [0.05, 0.1) is 10.4 Å². The molecular formula is C20H22ClN3O2S. The van der Waals surface area contributed by atoms with Gasteiger partial charge in [-0.2, -0.15) is 0 Å². The number of rotatable bonds is 7. The molecule has 0 saturated heterocycles. The third kappa shape index (κ3) is 4.58. The summed E-state index contributed by atoms with van der Waals surface area (Å²) in [6.07, 6.45) is 2.41. The zero-order chi connectivity index (χ0) is 19.4. The first-order chi connectivity index (χ1) is 12.9. The van der Waals surface area contributed by atoms with E-state index in [1.807, 2.05) is 43.3 Å². The van der Waals surface area contributed by atoms with Gasteiger partial charge in [-0.05, 0) is 49.7 Å². The van der Waals surface area contributed by atoms with Gasteiger partial charge in [0.25, 0.3) is 0 Å². The summed E-state index contributed by atoms with van der Waals surface area (Å²) in [6, 6.07) is 14.4. The molecule has 1 aromatic heterocycles. The lowest BCUT2D eigenvalue weighted by Crippen LogP contribution is -2.29. The number of benzene rings is 2. The van der Waals surface area contributed by atoms with Crippen LogP contribution in [0.4, 0.5) is 5.69 Å². The van der Waals surface area contributed by atoms with Crippen molar-refractivity contribution in [2.75, 3.05) is 25.5 Å². The molecule has 5 nitrogen and oxygen atoms in total. The number of fused-ring (bicyclic) bond motifs is 1. The summed E-state index contributed by atoms with van der Waals surface area (Å²) in [5.74, 6) is 0. The number of aryl methyl sites for hydroxylation is 1. The highest BCUT2D eigenvalue weighted by atomic mass is 35.5. The van der Waals surface area contributed by atoms with E-state index in [0.717, 1.165) is 22.2 Å². The van der Waals surface area contributed by atoms with E-state index in [-0.39, 0.29) is 0 Å². The molecule has 0 fully saturated rings. The molecule has 0 spiro atoms. The van der Waals surface area contributed by atoms with E-state index in [1.54, 1.807) is 25.4 Å². The van der Waals surface area contributed by atoms with E-state index < -0.39 is 10.0 Å². The van der Waals surface area contributed by atoms with Gasteiger partial charge in [0.15, 0.2) is 0 Å². The van der Waals surface area contributed by atoms with E-state index >= 15 is 0 Å². The SMILES string of the molecule is Cc1ccc(S(=O)(=O)N(C)CCCNc2ccnc3cc(Cl)ccc23)cc1. The highest BCUT2D eigenvalue weighted by molar-refractivity contribution is 7.89. The minimum atomic E-state index is -3.46. The molecular weight excluding hydrogens is 382 g/mol. The van der Waals surface area contributed by atoms with Gasteiger partial charge in [-0.15, -0.1) is 0 Å². The van der Waals surface area contributed by atoms with Gasteiger partial charge in [-0.1, -0.05) is 29.3 Å². The normalized spacial score (nSPS) is 11.9. The average Bonchev–Trinajstić information content (AvgIpc) is 2.65. The predicted octanol–water partition coefficient (Wildman–Crippen LogP) is 4.32. The minimum Gasteiger partial charge on any atom is -0.384 e. The van der Waals surface area contributed by atoms with E-state index in [2.05, 4.69) is 10.3 Å². The fourth-order valence-corrected chi connectivity index (χ4v) is 4.19. The fourth-order valence-electron chi connectivity index (χ4n) is 2.81. The summed E-state index contributed by atoms with van der Waals surface area (Å²) in [5, 5.41) is 4.99. The van der Waals surface area contributed by atoms with E-state index in [0.29, 0.717) is 29.4 Å². The molecule has 0 aliphatic heterocycles. The first-order valence-electron chi connectivity index (χ1n) is 8.69. The molecule has 0 bridgehead atoms. The number of nitrogens with one attached hydrogen (secondary N) is 1. The molecule has 3 aromatic rings. The first kappa shape index (κ1) is 19.6. The maximum Gasteiger partial charge on any atom is 0.242 e. The number of nitrogens with zero attached hydrogens (tertiary/aromatic N) is 2. The number of sulfonamides is 1. The third-order valence-electron chi connectivity index (χ3n) is 4.40. The molecule has 27 heavy (non-hydrogen) atoms. The fraction of sp³-hybridized carbons (Fsp3) is 0.250. The second-order valence-electron chi connectivity index (χ2n) is 6.44. The van der Waals surface area contributed by atoms with Crippen molar-refractivity contribution in [3.63, 3.8) is 0 Å². The van der Waals surface area contributed by atoms with Crippen molar-refractivity contribution >= 4 is 38.2 Å². The monoisotopic (exact) mass is 403 g/mol. The lowest BCUT2D eigenvalue weighted by atomic mass is 10.2. The molecule has 3 rings (SSSR count). The Morgan fingerprint density at radius 3 is 2.59 bits per heavy atom. The summed E-state index contributed by atoms with van der Waals surface area (Å²) in [4.78, 5) is 4.64. The number of anilines is 1. The second kappa shape index (κ2) is 8.25. The molecule has 1 N–H and O–H groups in total. The Kier molecular flexibility index (Phi) is 5.99. The maximum atomic E-state index is 12.6. The largest absolute Gasteiger partial charge is 0.384 e. The number of pyridine rings is 1. The Morgan fingerprint density at radius 2 is 1.85 bits per heavy atom. The highest BCUT2D eigenvalue weighted by Crippen LogP contribution is 2.24. The number of hydrogen-bond acceptors (Lipinski definition) is 4. The van der Waals surface area contributed by atoms with Crippen LogP contribution in [0.5, 0.6) is 0 Å². The van der Waals surface area contributed by atoms with Crippen molar-refractivity contribution in [1.82, 2.24) is 9.29 Å². The van der Waals surface area contributed by atoms with E-state index in [1.165, 1.54) is 4.31 Å². The number of hydrogen-bond donors (Lipinski definition) is 1. The van der Waals surface area contributed by atoms with Gasteiger partial charge in [-0.25, -0.2) is 12.7 Å². The average molecular weight is 404 g/mol. The Balaban J connectivity index is 1.59. The molecule has 0 unspecified atom stereocenters. The molecule has 142 valence electrons. The van der Waals surface area contributed by atoms with Gasteiger partial charge in [-0.3, -0.25) is 4.98 Å². The molecule has 2 aromatic carbocycles. The Labute approximate surface area is 165 Å². The minimum absolute atomic E-state index is 0.320. The Bertz CT molecular complexity index is 1040. The van der Waals surface area contributed by atoms with Gasteiger partial charge < -0.3 is 5.32 Å². The molecule has 1 heterocycles. The van der Waals surface area contributed by atoms with Gasteiger partial charge in [0, 0.05) is 42.4 Å². The molecule has 0 saturated carbocycles. The smallest absolute Gasteiger partial charge is 0.242 e. The third-order valence-corrected chi connectivity index (χ3v) is 6.51. The van der Waals surface area contributed by atoms with Crippen LogP contribution in [0.2, 0.25) is 5.02 Å². The molecule has 0 aliphatic rings. The zero-order valence-corrected chi connectivity index (χ0v) is 16.9. The van der Waals surface area contributed by atoms with E-state index in [4.69, 9.17) is 11.6 Å². The summed E-state index contributed by atoms with van der Waals surface area (Å²) >= 11 is 6.01. The standard InChI is InChI=1S/C20H22ClN3O2S/c1-15-4-7-17(8-5-15)27(25,26)24(2)13-3-11-22-19-10-12-23-20-14-16(21)6-9-18(19)20/h4-10,12,14H,3,11,13H2,1-2H3,(H,22,23). The van der Waals surface area contributed by atoms with Crippen LogP contribution in [0.3, 0.4) is 0 Å². The van der Waals surface area contributed by atoms with Crippen molar-refractivity contribution < 1.29 is 8.42 Å². The molecule has 0 radical (unpaired) electrons. The molecule has 0 aliphatic carbocycles. The highest BCUT2D eigenvalue weighted by Gasteiger charge is 2.19. The molecule has 0 amide bonds. The van der Waals surface area contributed by atoms with Crippen LogP contribution in [0.15, 0.2) is 59.6 Å². The Morgan fingerprint density at radius 1 is 1.11 bits per heavy atom. The molecule has 0 atom stereocenters. The van der Waals surface area contributed by atoms with Crippen LogP contribution in [0.25, 0.3) is 10.9 Å². The zero-order valence-electron chi connectivity index (χ0n) is 15.3. The topological polar surface area (TPSA) is 62.3 Å². The van der Waals surface area contributed by atoms with Crippen LogP contribution in [0, 0.1) is 6.92 Å². The van der Waals surface area contributed by atoms with Crippen LogP contribution < -0.4 is 5.32 Å². The van der Waals surface area contributed by atoms with Crippen molar-refractivity contribution in [3.05, 3.63) is 65.3 Å². The van der Waals surface area contributed by atoms with Crippen molar-refractivity contribution in [2.45, 2.75) is 18.2 Å². The molecule has 7 heteroatoms. The number of halogens is 1. The summed E-state index contributed by atoms with van der Waals surface area (Å²) in [6.45, 7) is 3.01. The second-order valence-corrected chi connectivity index (χ2v) is 8.92. The number of aromatic nitrogens is 1. The van der Waals surface area contributed by atoms with Crippen LogP contribution in [0.1, 0.15) is 12.0 Å². The van der Waals surface area contributed by atoms with Crippen molar-refractivity contribution in [3.8, 4) is 0 Å². The summed E-state index contributed by atoms with van der Waals surface area (Å²) < 4.78 is 26.6. The quantitative estimate of drug-likeness (QED) is 0.597. The maximum absolute atomic E-state index is 12.6. The van der Waals surface area contributed by atoms with Gasteiger partial charge in [0.2, 0.25) is 10.0 Å². The van der Waals surface area contributed by atoms with Crippen molar-refractivity contribution in [1.29, 1.82) is 0 Å². The van der Waals surface area contributed by atoms with Crippen LogP contribution in [-0.2, 0) is 10.0 Å².